The molecule has 0 aliphatic rings. The van der Waals surface area contributed by atoms with Crippen molar-refractivity contribution >= 4 is 33.4 Å². The van der Waals surface area contributed by atoms with Crippen molar-refractivity contribution < 1.29 is 14.3 Å². The number of carbonyl (C=O) groups is 2. The van der Waals surface area contributed by atoms with Crippen molar-refractivity contribution in [1.29, 1.82) is 0 Å². The van der Waals surface area contributed by atoms with Gasteiger partial charge in [-0.1, -0.05) is 50.2 Å². The molecule has 0 aliphatic heterocycles. The Morgan fingerprint density at radius 3 is 2.55 bits per heavy atom. The Kier molecular flexibility index (Phi) is 7.04. The number of benzene rings is 2. The maximum atomic E-state index is 12.6. The molecular weight excluding hydrogens is 436 g/mol. The Balaban J connectivity index is 1.32. The zero-order chi connectivity index (χ0) is 23.2. The number of rotatable bonds is 8. The predicted octanol–water partition coefficient (Wildman–Crippen LogP) is 4.39. The molecule has 2 heterocycles. The number of hydrogen-bond acceptors (Lipinski definition) is 7. The summed E-state index contributed by atoms with van der Waals surface area (Å²) >= 11 is 1.42. The summed E-state index contributed by atoms with van der Waals surface area (Å²) in [6.45, 7) is 4.37. The molecule has 33 heavy (non-hydrogen) atoms. The maximum absolute atomic E-state index is 12.6. The van der Waals surface area contributed by atoms with E-state index in [9.17, 15) is 9.59 Å². The zero-order valence-corrected chi connectivity index (χ0v) is 19.3. The Labute approximate surface area is 195 Å². The molecule has 8 heteroatoms. The third kappa shape index (κ3) is 5.59. The Hall–Kier alpha value is -3.65. The second-order valence-corrected chi connectivity index (χ2v) is 8.84. The fourth-order valence-corrected chi connectivity index (χ4v) is 4.25. The number of amides is 1. The van der Waals surface area contributed by atoms with Crippen LogP contribution in [0.15, 0.2) is 60.9 Å². The minimum atomic E-state index is -0.711. The molecule has 0 unspecified atom stereocenters. The Bertz CT molecular complexity index is 1240. The summed E-state index contributed by atoms with van der Waals surface area (Å²) in [5.41, 5.74) is 3.62. The molecule has 0 fully saturated rings. The van der Waals surface area contributed by atoms with E-state index in [0.29, 0.717) is 29.6 Å². The smallest absolute Gasteiger partial charge is 0.359 e. The van der Waals surface area contributed by atoms with Crippen molar-refractivity contribution in [3.8, 4) is 10.7 Å². The second-order valence-electron chi connectivity index (χ2n) is 7.81. The highest BCUT2D eigenvalue weighted by molar-refractivity contribution is 7.21. The summed E-state index contributed by atoms with van der Waals surface area (Å²) in [6.07, 6.45) is 3.61. The summed E-state index contributed by atoms with van der Waals surface area (Å²) in [7, 11) is 0. The highest BCUT2D eigenvalue weighted by Gasteiger charge is 2.20. The molecule has 0 radical (unpaired) electrons. The molecule has 7 nitrogen and oxygen atoms in total. The van der Waals surface area contributed by atoms with Crippen LogP contribution in [-0.4, -0.2) is 40.0 Å². The van der Waals surface area contributed by atoms with Crippen LogP contribution in [0.1, 0.15) is 41.4 Å². The van der Waals surface area contributed by atoms with Crippen molar-refractivity contribution in [3.05, 3.63) is 77.7 Å². The molecule has 0 bridgehead atoms. The third-order valence-corrected chi connectivity index (χ3v) is 6.15. The topological polar surface area (TPSA) is 94.1 Å². The Morgan fingerprint density at radius 2 is 1.79 bits per heavy atom. The normalized spacial score (nSPS) is 11.0. The molecule has 0 atom stereocenters. The molecule has 2 aromatic carbocycles. The van der Waals surface area contributed by atoms with E-state index in [1.54, 1.807) is 0 Å². The molecule has 0 spiro atoms. The van der Waals surface area contributed by atoms with Crippen LogP contribution in [0.4, 0.5) is 0 Å². The highest BCUT2D eigenvalue weighted by atomic mass is 32.1. The summed E-state index contributed by atoms with van der Waals surface area (Å²) < 4.78 is 6.18. The lowest BCUT2D eigenvalue weighted by Gasteiger charge is -2.09. The SMILES string of the molecule is CC(C)c1ccc(CCNC(=O)COC(=O)c2nccnc2-c2nc3ccccc3s2)cc1. The fraction of sp³-hybridized carbons (Fsp3) is 0.240. The lowest BCUT2D eigenvalue weighted by molar-refractivity contribution is -0.124. The maximum Gasteiger partial charge on any atom is 0.359 e. The number of aromatic nitrogens is 3. The van der Waals surface area contributed by atoms with E-state index in [1.165, 1.54) is 29.3 Å². The number of hydrogen-bond donors (Lipinski definition) is 1. The van der Waals surface area contributed by atoms with Gasteiger partial charge >= 0.3 is 5.97 Å². The van der Waals surface area contributed by atoms with Crippen LogP contribution in [0.3, 0.4) is 0 Å². The van der Waals surface area contributed by atoms with Crippen LogP contribution in [0.2, 0.25) is 0 Å². The first-order valence-corrected chi connectivity index (χ1v) is 11.5. The van der Waals surface area contributed by atoms with Gasteiger partial charge in [0.25, 0.3) is 5.91 Å². The molecule has 0 saturated carbocycles. The first-order chi connectivity index (χ1) is 16.0. The minimum absolute atomic E-state index is 0.0367. The molecule has 168 valence electrons. The van der Waals surface area contributed by atoms with Crippen LogP contribution in [0.5, 0.6) is 0 Å². The number of thiazole rings is 1. The average Bonchev–Trinajstić information content (AvgIpc) is 3.27. The number of nitrogens with zero attached hydrogens (tertiary/aromatic N) is 3. The van der Waals surface area contributed by atoms with Crippen LogP contribution in [0.25, 0.3) is 20.9 Å². The highest BCUT2D eigenvalue weighted by Crippen LogP contribution is 2.30. The fourth-order valence-electron chi connectivity index (χ4n) is 3.28. The number of nitrogens with one attached hydrogen (secondary N) is 1. The van der Waals surface area contributed by atoms with Crippen molar-refractivity contribution in [2.45, 2.75) is 26.2 Å². The van der Waals surface area contributed by atoms with Gasteiger partial charge in [-0.05, 0) is 35.6 Å². The van der Waals surface area contributed by atoms with Crippen molar-refractivity contribution in [1.82, 2.24) is 20.3 Å². The monoisotopic (exact) mass is 460 g/mol. The third-order valence-electron chi connectivity index (χ3n) is 5.10. The first-order valence-electron chi connectivity index (χ1n) is 10.7. The van der Waals surface area contributed by atoms with Crippen molar-refractivity contribution in [2.75, 3.05) is 13.2 Å². The van der Waals surface area contributed by atoms with E-state index in [1.807, 2.05) is 24.3 Å². The average molecular weight is 461 g/mol. The van der Waals surface area contributed by atoms with Gasteiger partial charge in [-0.3, -0.25) is 4.79 Å². The molecule has 4 aromatic rings. The summed E-state index contributed by atoms with van der Waals surface area (Å²) in [5.74, 6) is -0.595. The van der Waals surface area contributed by atoms with E-state index in [-0.39, 0.29) is 18.2 Å². The molecule has 1 N–H and O–H groups in total. The second kappa shape index (κ2) is 10.3. The van der Waals surface area contributed by atoms with Crippen LogP contribution >= 0.6 is 11.3 Å². The molecule has 2 aromatic heterocycles. The first kappa shape index (κ1) is 22.5. The summed E-state index contributed by atoms with van der Waals surface area (Å²) in [5, 5.41) is 3.35. The lowest BCUT2D eigenvalue weighted by Crippen LogP contribution is -2.30. The van der Waals surface area contributed by atoms with Crippen molar-refractivity contribution in [3.63, 3.8) is 0 Å². The zero-order valence-electron chi connectivity index (χ0n) is 18.4. The molecule has 4 rings (SSSR count). The van der Waals surface area contributed by atoms with E-state index < -0.39 is 5.97 Å². The van der Waals surface area contributed by atoms with E-state index in [4.69, 9.17) is 4.74 Å². The van der Waals surface area contributed by atoms with Crippen LogP contribution in [-0.2, 0) is 16.0 Å². The van der Waals surface area contributed by atoms with Crippen molar-refractivity contribution in [2.24, 2.45) is 0 Å². The number of esters is 1. The quantitative estimate of drug-likeness (QED) is 0.392. The number of para-hydroxylation sites is 1. The lowest BCUT2D eigenvalue weighted by atomic mass is 10.0. The van der Waals surface area contributed by atoms with Gasteiger partial charge in [-0.15, -0.1) is 11.3 Å². The number of carbonyl (C=O) groups excluding carboxylic acids is 2. The van der Waals surface area contributed by atoms with Gasteiger partial charge in [-0.2, -0.15) is 0 Å². The number of ether oxygens (including phenoxy) is 1. The standard InChI is InChI=1S/C25H24N4O3S/c1-16(2)18-9-7-17(8-10-18)11-12-26-21(30)15-32-25(31)23-22(27-13-14-28-23)24-29-19-5-3-4-6-20(19)33-24/h3-10,13-14,16H,11-12,15H2,1-2H3,(H,26,30). The van der Waals surface area contributed by atoms with Gasteiger partial charge in [-0.25, -0.2) is 19.7 Å². The van der Waals surface area contributed by atoms with Gasteiger partial charge in [0.05, 0.1) is 10.2 Å². The Morgan fingerprint density at radius 1 is 1.03 bits per heavy atom. The van der Waals surface area contributed by atoms with Gasteiger partial charge in [0.2, 0.25) is 0 Å². The summed E-state index contributed by atoms with van der Waals surface area (Å²) in [6, 6.07) is 16.0. The predicted molar refractivity (Wildman–Crippen MR) is 128 cm³/mol. The summed E-state index contributed by atoms with van der Waals surface area (Å²) in [4.78, 5) is 37.7. The van der Waals surface area contributed by atoms with E-state index >= 15 is 0 Å². The van der Waals surface area contributed by atoms with Gasteiger partial charge in [0, 0.05) is 18.9 Å². The largest absolute Gasteiger partial charge is 0.451 e. The van der Waals surface area contributed by atoms with E-state index in [0.717, 1.165) is 15.8 Å². The van der Waals surface area contributed by atoms with Crippen LogP contribution < -0.4 is 5.32 Å². The van der Waals surface area contributed by atoms with E-state index in [2.05, 4.69) is 58.4 Å². The molecular formula is C25H24N4O3S. The van der Waals surface area contributed by atoms with Crippen LogP contribution in [0, 0.1) is 0 Å². The van der Waals surface area contributed by atoms with Gasteiger partial charge in [0.15, 0.2) is 12.3 Å². The molecule has 0 aliphatic carbocycles. The van der Waals surface area contributed by atoms with Gasteiger partial charge in [0.1, 0.15) is 10.7 Å². The minimum Gasteiger partial charge on any atom is -0.451 e. The molecule has 0 saturated heterocycles. The van der Waals surface area contributed by atoms with Gasteiger partial charge < -0.3 is 10.1 Å². The number of fused-ring (bicyclic) bond motifs is 1. The molecule has 1 amide bonds.